The number of hydrogen-bond acceptors (Lipinski definition) is 5. The van der Waals surface area contributed by atoms with Gasteiger partial charge in [-0.1, -0.05) is 12.1 Å². The first kappa shape index (κ1) is 10.6. The number of nitrogens with zero attached hydrogens (tertiary/aromatic N) is 1. The number of methoxy groups -OCH3 is 1. The van der Waals surface area contributed by atoms with E-state index < -0.39 is 0 Å². The lowest BCUT2D eigenvalue weighted by Crippen LogP contribution is -1.96. The Kier molecular flexibility index (Phi) is 2.87. The molecule has 1 aromatic carbocycles. The first-order valence-electron chi connectivity index (χ1n) is 4.61. The average molecular weight is 234 g/mol. The molecule has 5 heteroatoms. The molecule has 0 spiro atoms. The molecule has 0 saturated heterocycles. The van der Waals surface area contributed by atoms with E-state index in [0.717, 1.165) is 10.6 Å². The van der Waals surface area contributed by atoms with E-state index in [1.807, 2.05) is 18.2 Å². The van der Waals surface area contributed by atoms with Crippen LogP contribution in [0.5, 0.6) is 0 Å². The number of nitrogens with two attached hydrogens (primary N) is 1. The molecular weight excluding hydrogens is 224 g/mol. The van der Waals surface area contributed by atoms with E-state index in [4.69, 9.17) is 5.73 Å². The highest BCUT2D eigenvalue weighted by molar-refractivity contribution is 7.16. The van der Waals surface area contributed by atoms with Gasteiger partial charge in [0, 0.05) is 11.3 Å². The fourth-order valence-electron chi connectivity index (χ4n) is 1.27. The number of ether oxygens (including phenoxy) is 1. The number of hydrogen-bond donors (Lipinski definition) is 1. The van der Waals surface area contributed by atoms with Crippen molar-refractivity contribution in [2.75, 3.05) is 12.8 Å². The molecule has 1 heterocycles. The van der Waals surface area contributed by atoms with Gasteiger partial charge < -0.3 is 10.5 Å². The Balaban J connectivity index is 2.35. The minimum absolute atomic E-state index is 0.368. The van der Waals surface area contributed by atoms with Crippen molar-refractivity contribution < 1.29 is 9.53 Å². The smallest absolute Gasteiger partial charge is 0.349 e. The van der Waals surface area contributed by atoms with Crippen molar-refractivity contribution in [2.24, 2.45) is 0 Å². The predicted octanol–water partition coefficient (Wildman–Crippen LogP) is 2.18. The van der Waals surface area contributed by atoms with Gasteiger partial charge in [0.15, 0.2) is 0 Å². The van der Waals surface area contributed by atoms with Crippen LogP contribution in [0.3, 0.4) is 0 Å². The van der Waals surface area contributed by atoms with E-state index in [-0.39, 0.29) is 5.97 Å². The number of nitrogen functional groups attached to an aromatic ring is 1. The summed E-state index contributed by atoms with van der Waals surface area (Å²) in [5.41, 5.74) is 7.25. The van der Waals surface area contributed by atoms with Crippen molar-refractivity contribution in [1.82, 2.24) is 4.98 Å². The summed E-state index contributed by atoms with van der Waals surface area (Å²) in [6.07, 6.45) is 1.51. The number of benzene rings is 1. The van der Waals surface area contributed by atoms with Gasteiger partial charge in [-0.15, -0.1) is 11.3 Å². The zero-order valence-electron chi connectivity index (χ0n) is 8.64. The van der Waals surface area contributed by atoms with Gasteiger partial charge in [-0.3, -0.25) is 0 Å². The molecule has 2 N–H and O–H groups in total. The maximum Gasteiger partial charge on any atom is 0.349 e. The number of esters is 1. The first-order valence-corrected chi connectivity index (χ1v) is 5.42. The van der Waals surface area contributed by atoms with Crippen molar-refractivity contribution in [3.05, 3.63) is 35.3 Å². The molecule has 0 aliphatic heterocycles. The Morgan fingerprint density at radius 2 is 2.31 bits per heavy atom. The van der Waals surface area contributed by atoms with Crippen molar-refractivity contribution >= 4 is 23.0 Å². The summed E-state index contributed by atoms with van der Waals surface area (Å²) >= 11 is 1.29. The van der Waals surface area contributed by atoms with Gasteiger partial charge in [-0.2, -0.15) is 0 Å². The predicted molar refractivity (Wildman–Crippen MR) is 63.3 cm³/mol. The Labute approximate surface area is 96.7 Å². The van der Waals surface area contributed by atoms with E-state index in [2.05, 4.69) is 9.72 Å². The Bertz CT molecular complexity index is 522. The number of aromatic nitrogens is 1. The van der Waals surface area contributed by atoms with Crippen LogP contribution < -0.4 is 5.73 Å². The molecule has 0 atom stereocenters. The molecule has 1 aromatic heterocycles. The molecule has 0 aliphatic carbocycles. The highest BCUT2D eigenvalue weighted by atomic mass is 32.1. The second-order valence-corrected chi connectivity index (χ2v) is 4.18. The molecule has 0 aliphatic rings. The van der Waals surface area contributed by atoms with Crippen LogP contribution in [0.2, 0.25) is 0 Å². The largest absolute Gasteiger partial charge is 0.465 e. The van der Waals surface area contributed by atoms with Crippen LogP contribution in [0.25, 0.3) is 10.6 Å². The molecule has 82 valence electrons. The Morgan fingerprint density at radius 1 is 1.50 bits per heavy atom. The van der Waals surface area contributed by atoms with Crippen LogP contribution in [-0.2, 0) is 4.74 Å². The van der Waals surface area contributed by atoms with Gasteiger partial charge in [0.25, 0.3) is 0 Å². The molecule has 0 unspecified atom stereocenters. The lowest BCUT2D eigenvalue weighted by atomic mass is 10.2. The molecule has 2 aromatic rings. The second-order valence-electron chi connectivity index (χ2n) is 3.15. The second kappa shape index (κ2) is 4.32. The van der Waals surface area contributed by atoms with Crippen LogP contribution in [-0.4, -0.2) is 18.1 Å². The normalized spacial score (nSPS) is 10.1. The zero-order valence-corrected chi connectivity index (χ0v) is 9.45. The molecule has 0 radical (unpaired) electrons. The number of anilines is 1. The minimum atomic E-state index is -0.368. The van der Waals surface area contributed by atoms with E-state index in [9.17, 15) is 4.79 Å². The summed E-state index contributed by atoms with van der Waals surface area (Å²) in [6, 6.07) is 7.37. The van der Waals surface area contributed by atoms with Gasteiger partial charge in [-0.25, -0.2) is 9.78 Å². The van der Waals surface area contributed by atoms with E-state index in [1.165, 1.54) is 24.6 Å². The van der Waals surface area contributed by atoms with Gasteiger partial charge in [0.05, 0.1) is 13.3 Å². The van der Waals surface area contributed by atoms with Gasteiger partial charge in [-0.05, 0) is 12.1 Å². The third-order valence-electron chi connectivity index (χ3n) is 2.03. The molecule has 0 amide bonds. The number of rotatable bonds is 2. The monoisotopic (exact) mass is 234 g/mol. The van der Waals surface area contributed by atoms with Crippen LogP contribution in [0.1, 0.15) is 9.67 Å². The fourth-order valence-corrected chi connectivity index (χ4v) is 2.10. The third-order valence-corrected chi connectivity index (χ3v) is 3.05. The van der Waals surface area contributed by atoms with Crippen molar-refractivity contribution in [1.29, 1.82) is 0 Å². The quantitative estimate of drug-likeness (QED) is 0.639. The van der Waals surface area contributed by atoms with E-state index in [1.54, 1.807) is 6.07 Å². The molecule has 16 heavy (non-hydrogen) atoms. The van der Waals surface area contributed by atoms with Crippen molar-refractivity contribution in [3.8, 4) is 10.6 Å². The van der Waals surface area contributed by atoms with Gasteiger partial charge in [0.1, 0.15) is 9.88 Å². The lowest BCUT2D eigenvalue weighted by Gasteiger charge is -1.97. The molecule has 0 saturated carbocycles. The summed E-state index contributed by atoms with van der Waals surface area (Å²) in [4.78, 5) is 15.9. The maximum absolute atomic E-state index is 11.2. The number of carbonyl (C=O) groups excluding carboxylic acids is 1. The highest BCUT2D eigenvalue weighted by Crippen LogP contribution is 2.26. The molecule has 0 bridgehead atoms. The SMILES string of the molecule is COC(=O)c1cnc(-c2cccc(N)c2)s1. The van der Waals surface area contributed by atoms with Crippen LogP contribution in [0, 0.1) is 0 Å². The van der Waals surface area contributed by atoms with Crippen molar-refractivity contribution in [2.45, 2.75) is 0 Å². The van der Waals surface area contributed by atoms with Crippen LogP contribution in [0.15, 0.2) is 30.5 Å². The summed E-state index contributed by atoms with van der Waals surface area (Å²) in [6.45, 7) is 0. The van der Waals surface area contributed by atoms with Crippen molar-refractivity contribution in [3.63, 3.8) is 0 Å². The third kappa shape index (κ3) is 2.04. The topological polar surface area (TPSA) is 65.2 Å². The van der Waals surface area contributed by atoms with Gasteiger partial charge in [0.2, 0.25) is 0 Å². The lowest BCUT2D eigenvalue weighted by molar-refractivity contribution is 0.0606. The zero-order chi connectivity index (χ0) is 11.5. The first-order chi connectivity index (χ1) is 7.70. The molecule has 2 rings (SSSR count). The number of thiazole rings is 1. The summed E-state index contributed by atoms with van der Waals surface area (Å²) in [5.74, 6) is -0.368. The van der Waals surface area contributed by atoms with Crippen LogP contribution in [0.4, 0.5) is 5.69 Å². The maximum atomic E-state index is 11.2. The highest BCUT2D eigenvalue weighted by Gasteiger charge is 2.11. The fraction of sp³-hybridized carbons (Fsp3) is 0.0909. The van der Waals surface area contributed by atoms with E-state index in [0.29, 0.717) is 10.6 Å². The number of carbonyl (C=O) groups is 1. The van der Waals surface area contributed by atoms with E-state index >= 15 is 0 Å². The summed E-state index contributed by atoms with van der Waals surface area (Å²) < 4.78 is 4.62. The Morgan fingerprint density at radius 3 is 3.00 bits per heavy atom. The van der Waals surface area contributed by atoms with Crippen LogP contribution >= 0.6 is 11.3 Å². The Hall–Kier alpha value is -1.88. The summed E-state index contributed by atoms with van der Waals surface area (Å²) in [5, 5.41) is 0.757. The molecule has 0 fully saturated rings. The molecular formula is C11H10N2O2S. The molecule has 4 nitrogen and oxygen atoms in total. The minimum Gasteiger partial charge on any atom is -0.465 e. The average Bonchev–Trinajstić information content (AvgIpc) is 2.77. The standard InChI is InChI=1S/C11H10N2O2S/c1-15-11(14)9-6-13-10(16-9)7-3-2-4-8(12)5-7/h2-6H,12H2,1H3. The summed E-state index contributed by atoms with van der Waals surface area (Å²) in [7, 11) is 1.35. The van der Waals surface area contributed by atoms with Gasteiger partial charge >= 0.3 is 5.97 Å².